The molecule has 34 heavy (non-hydrogen) atoms. The van der Waals surface area contributed by atoms with Crippen molar-refractivity contribution < 1.29 is 22.9 Å². The van der Waals surface area contributed by atoms with Gasteiger partial charge in [-0.05, 0) is 56.3 Å². The topological polar surface area (TPSA) is 84.5 Å². The molecule has 2 aromatic carbocycles. The van der Waals surface area contributed by atoms with Gasteiger partial charge in [0.05, 0.1) is 21.9 Å². The molecule has 0 aliphatic carbocycles. The fourth-order valence-electron chi connectivity index (χ4n) is 4.08. The number of amides is 1. The summed E-state index contributed by atoms with van der Waals surface area (Å²) < 4.78 is 40.7. The van der Waals surface area contributed by atoms with Gasteiger partial charge in [0.1, 0.15) is 5.69 Å². The van der Waals surface area contributed by atoms with Crippen LogP contribution in [0.4, 0.5) is 24.5 Å². The van der Waals surface area contributed by atoms with Gasteiger partial charge in [0.2, 0.25) is 0 Å². The Balaban J connectivity index is 1.45. The zero-order valence-corrected chi connectivity index (χ0v) is 18.5. The molecule has 3 aromatic rings. The highest BCUT2D eigenvalue weighted by molar-refractivity contribution is 5.94. The van der Waals surface area contributed by atoms with Gasteiger partial charge in [-0.3, -0.25) is 14.9 Å². The van der Waals surface area contributed by atoms with Crippen LogP contribution in [0.15, 0.2) is 48.5 Å². The molecule has 0 saturated carbocycles. The number of aryl methyl sites for hydroxylation is 2. The Morgan fingerprint density at radius 1 is 1.00 bits per heavy atom. The molecular weight excluding hydrogens is 451 g/mol. The van der Waals surface area contributed by atoms with Crippen molar-refractivity contribution in [1.82, 2.24) is 14.7 Å². The Bertz CT molecular complexity index is 1230. The van der Waals surface area contributed by atoms with E-state index in [1.165, 1.54) is 0 Å². The third kappa shape index (κ3) is 4.59. The van der Waals surface area contributed by atoms with Gasteiger partial charge in [0.15, 0.2) is 0 Å². The van der Waals surface area contributed by atoms with Gasteiger partial charge in [-0.15, -0.1) is 0 Å². The lowest BCUT2D eigenvalue weighted by Crippen LogP contribution is -2.49. The van der Waals surface area contributed by atoms with Crippen LogP contribution in [0.2, 0.25) is 0 Å². The van der Waals surface area contributed by atoms with Crippen LogP contribution < -0.4 is 4.90 Å². The molecule has 1 fully saturated rings. The Hall–Kier alpha value is -3.89. The Morgan fingerprint density at radius 3 is 2.18 bits per heavy atom. The van der Waals surface area contributed by atoms with Crippen LogP contribution in [-0.4, -0.2) is 51.7 Å². The molecule has 0 radical (unpaired) electrons. The number of anilines is 1. The van der Waals surface area contributed by atoms with Crippen LogP contribution in [-0.2, 0) is 6.18 Å². The van der Waals surface area contributed by atoms with Crippen molar-refractivity contribution in [2.24, 2.45) is 0 Å². The van der Waals surface area contributed by atoms with Gasteiger partial charge in [-0.2, -0.15) is 18.3 Å². The molecule has 0 bridgehead atoms. The average Bonchev–Trinajstić information content (AvgIpc) is 3.15. The Morgan fingerprint density at radius 2 is 1.65 bits per heavy atom. The fourth-order valence-corrected chi connectivity index (χ4v) is 4.08. The zero-order valence-electron chi connectivity index (χ0n) is 18.5. The van der Waals surface area contributed by atoms with Crippen molar-refractivity contribution in [3.63, 3.8) is 0 Å². The van der Waals surface area contributed by atoms with E-state index in [4.69, 9.17) is 0 Å². The van der Waals surface area contributed by atoms with E-state index in [2.05, 4.69) is 5.10 Å². The summed E-state index contributed by atoms with van der Waals surface area (Å²) in [5.74, 6) is -0.179. The first-order valence-electron chi connectivity index (χ1n) is 10.6. The average molecular weight is 473 g/mol. The van der Waals surface area contributed by atoms with E-state index in [9.17, 15) is 28.1 Å². The number of halogens is 3. The second-order valence-corrected chi connectivity index (χ2v) is 8.12. The monoisotopic (exact) mass is 473 g/mol. The molecule has 1 aliphatic rings. The zero-order chi connectivity index (χ0) is 24.6. The number of nitro groups is 1. The van der Waals surface area contributed by atoms with Gasteiger partial charge in [0, 0.05) is 43.5 Å². The summed E-state index contributed by atoms with van der Waals surface area (Å²) in [6.45, 7) is 4.95. The number of aromatic nitrogens is 2. The second-order valence-electron chi connectivity index (χ2n) is 8.12. The van der Waals surface area contributed by atoms with E-state index < -0.39 is 22.4 Å². The second kappa shape index (κ2) is 8.81. The molecule has 2 heterocycles. The molecule has 0 atom stereocenters. The molecule has 0 spiro atoms. The smallest absolute Gasteiger partial charge is 0.362 e. The molecule has 0 unspecified atom stereocenters. The van der Waals surface area contributed by atoms with Gasteiger partial charge in [-0.25, -0.2) is 4.68 Å². The van der Waals surface area contributed by atoms with E-state index >= 15 is 0 Å². The first-order chi connectivity index (χ1) is 16.0. The van der Waals surface area contributed by atoms with Gasteiger partial charge in [0.25, 0.3) is 11.6 Å². The maximum atomic E-state index is 13.0. The van der Waals surface area contributed by atoms with Crippen molar-refractivity contribution in [3.8, 4) is 5.69 Å². The minimum absolute atomic E-state index is 0.110. The number of benzene rings is 2. The summed E-state index contributed by atoms with van der Waals surface area (Å²) in [6, 6.07) is 11.5. The number of alkyl halides is 3. The van der Waals surface area contributed by atoms with E-state index in [1.807, 2.05) is 32.0 Å². The van der Waals surface area contributed by atoms with Crippen LogP contribution in [0.1, 0.15) is 27.3 Å². The molecule has 1 saturated heterocycles. The molecule has 4 rings (SSSR count). The molecule has 1 amide bonds. The van der Waals surface area contributed by atoms with Crippen LogP contribution in [0.5, 0.6) is 0 Å². The minimum atomic E-state index is -4.67. The largest absolute Gasteiger partial charge is 0.416 e. The van der Waals surface area contributed by atoms with Gasteiger partial charge in [-0.1, -0.05) is 0 Å². The van der Waals surface area contributed by atoms with Crippen molar-refractivity contribution in [2.75, 3.05) is 31.1 Å². The molecule has 0 N–H and O–H groups in total. The van der Waals surface area contributed by atoms with Crippen molar-refractivity contribution in [2.45, 2.75) is 20.0 Å². The highest BCUT2D eigenvalue weighted by Gasteiger charge is 2.34. The summed E-state index contributed by atoms with van der Waals surface area (Å²) in [5.41, 5.74) is 1.64. The molecular formula is C23H22F3N5O3. The van der Waals surface area contributed by atoms with Crippen molar-refractivity contribution >= 4 is 17.3 Å². The fraction of sp³-hybridized carbons (Fsp3) is 0.304. The summed E-state index contributed by atoms with van der Waals surface area (Å²) in [5, 5.41) is 15.8. The number of hydrogen-bond acceptors (Lipinski definition) is 5. The summed E-state index contributed by atoms with van der Waals surface area (Å²) in [4.78, 5) is 26.8. The SMILES string of the molecule is Cc1cc(C)n(-c2ccc(C(=O)N3CCN(c4ccc(C(F)(F)F)cc4[N+](=O)[O-])CC3)cc2)n1. The summed E-state index contributed by atoms with van der Waals surface area (Å²) in [7, 11) is 0. The van der Waals surface area contributed by atoms with Gasteiger partial charge < -0.3 is 9.80 Å². The van der Waals surface area contributed by atoms with E-state index in [-0.39, 0.29) is 37.8 Å². The lowest BCUT2D eigenvalue weighted by molar-refractivity contribution is -0.384. The number of piperazine rings is 1. The minimum Gasteiger partial charge on any atom is -0.362 e. The van der Waals surface area contributed by atoms with Gasteiger partial charge >= 0.3 is 6.18 Å². The number of carbonyl (C=O) groups excluding carboxylic acids is 1. The first-order valence-corrected chi connectivity index (χ1v) is 10.6. The number of carbonyl (C=O) groups is 1. The highest BCUT2D eigenvalue weighted by atomic mass is 19.4. The lowest BCUT2D eigenvalue weighted by atomic mass is 10.1. The number of nitro benzene ring substituents is 1. The van der Waals surface area contributed by atoms with Crippen LogP contribution in [0.25, 0.3) is 5.69 Å². The third-order valence-corrected chi connectivity index (χ3v) is 5.78. The van der Waals surface area contributed by atoms with Crippen LogP contribution >= 0.6 is 0 Å². The van der Waals surface area contributed by atoms with Crippen LogP contribution in [0.3, 0.4) is 0 Å². The maximum Gasteiger partial charge on any atom is 0.416 e. The molecule has 1 aromatic heterocycles. The first kappa shape index (κ1) is 23.3. The molecule has 178 valence electrons. The maximum absolute atomic E-state index is 13.0. The molecule has 1 aliphatic heterocycles. The number of rotatable bonds is 4. The highest BCUT2D eigenvalue weighted by Crippen LogP contribution is 2.36. The predicted molar refractivity (Wildman–Crippen MR) is 119 cm³/mol. The Labute approximate surface area is 193 Å². The summed E-state index contributed by atoms with van der Waals surface area (Å²) >= 11 is 0. The normalized spacial score (nSPS) is 14.4. The van der Waals surface area contributed by atoms with E-state index in [0.29, 0.717) is 11.6 Å². The Kier molecular flexibility index (Phi) is 6.03. The molecule has 11 heteroatoms. The number of nitrogens with zero attached hydrogens (tertiary/aromatic N) is 5. The molecule has 8 nitrogen and oxygen atoms in total. The van der Waals surface area contributed by atoms with E-state index in [0.717, 1.165) is 29.2 Å². The standard InChI is InChI=1S/C23H22F3N5O3/c1-15-13-16(2)30(27-15)19-6-3-17(4-7-19)22(32)29-11-9-28(10-12-29)20-8-5-18(23(24,25)26)14-21(20)31(33)34/h3-8,13-14H,9-12H2,1-2H3. The van der Waals surface area contributed by atoms with E-state index in [1.54, 1.807) is 26.6 Å². The van der Waals surface area contributed by atoms with Crippen LogP contribution in [0, 0.1) is 24.0 Å². The summed E-state index contributed by atoms with van der Waals surface area (Å²) in [6.07, 6.45) is -4.67. The van der Waals surface area contributed by atoms with Crippen molar-refractivity contribution in [3.05, 3.63) is 81.2 Å². The predicted octanol–water partition coefficient (Wildman–Crippen LogP) is 4.38. The van der Waals surface area contributed by atoms with Crippen molar-refractivity contribution in [1.29, 1.82) is 0 Å². The third-order valence-electron chi connectivity index (χ3n) is 5.78. The lowest BCUT2D eigenvalue weighted by Gasteiger charge is -2.36. The number of hydrogen-bond donors (Lipinski definition) is 0. The quantitative estimate of drug-likeness (QED) is 0.415.